The summed E-state index contributed by atoms with van der Waals surface area (Å²) in [6, 6.07) is 13.7. The maximum Gasteiger partial charge on any atom is 0.333 e. The predicted octanol–water partition coefficient (Wildman–Crippen LogP) is 5.08. The van der Waals surface area contributed by atoms with E-state index in [1.54, 1.807) is 24.3 Å². The lowest BCUT2D eigenvalue weighted by Gasteiger charge is -2.40. The van der Waals surface area contributed by atoms with Gasteiger partial charge >= 0.3 is 5.97 Å². The van der Waals surface area contributed by atoms with E-state index in [-0.39, 0.29) is 22.5 Å². The second-order valence-corrected chi connectivity index (χ2v) is 10.2. The van der Waals surface area contributed by atoms with Gasteiger partial charge in [0.15, 0.2) is 0 Å². The lowest BCUT2D eigenvalue weighted by Crippen LogP contribution is -2.42. The Bertz CT molecular complexity index is 1230. The average molecular weight is 458 g/mol. The van der Waals surface area contributed by atoms with Crippen molar-refractivity contribution < 1.29 is 22.7 Å². The van der Waals surface area contributed by atoms with E-state index in [1.807, 2.05) is 24.4 Å². The van der Waals surface area contributed by atoms with Crippen molar-refractivity contribution in [1.82, 2.24) is 4.31 Å². The zero-order valence-electron chi connectivity index (χ0n) is 16.6. The van der Waals surface area contributed by atoms with E-state index in [1.165, 1.54) is 46.0 Å². The van der Waals surface area contributed by atoms with E-state index in [4.69, 9.17) is 0 Å². The molecule has 1 aliphatic rings. The van der Waals surface area contributed by atoms with Crippen LogP contribution in [-0.4, -0.2) is 23.8 Å². The summed E-state index contributed by atoms with van der Waals surface area (Å²) in [5.41, 5.74) is 1.08. The molecule has 0 radical (unpaired) electrons. The minimum Gasteiger partial charge on any atom is -0.478 e. The maximum atomic E-state index is 14.1. The van der Waals surface area contributed by atoms with E-state index < -0.39 is 33.9 Å². The van der Waals surface area contributed by atoms with Gasteiger partial charge in [-0.15, -0.1) is 11.3 Å². The molecule has 160 valence electrons. The number of hydrogen-bond acceptors (Lipinski definition) is 4. The van der Waals surface area contributed by atoms with Crippen LogP contribution in [0, 0.1) is 12.7 Å². The van der Waals surface area contributed by atoms with E-state index in [0.29, 0.717) is 0 Å². The topological polar surface area (TPSA) is 74.7 Å². The third-order valence-electron chi connectivity index (χ3n) is 5.30. The van der Waals surface area contributed by atoms with Crippen molar-refractivity contribution in [3.05, 3.63) is 99.5 Å². The third-order valence-corrected chi connectivity index (χ3v) is 8.16. The Morgan fingerprint density at radius 3 is 2.48 bits per heavy atom. The Morgan fingerprint density at radius 1 is 1.13 bits per heavy atom. The quantitative estimate of drug-likeness (QED) is 0.580. The number of nitrogens with zero attached hydrogens (tertiary/aromatic N) is 1. The fourth-order valence-electron chi connectivity index (χ4n) is 3.84. The smallest absolute Gasteiger partial charge is 0.333 e. The zero-order valence-corrected chi connectivity index (χ0v) is 18.2. The SMILES string of the molecule is Cc1ccc(S(=O)(=O)N2[C@@H](c3cccc(F)c3)C(C(=O)O)=CC[C@H]2c2cccs2)cc1. The fourth-order valence-corrected chi connectivity index (χ4v) is 6.52. The van der Waals surface area contributed by atoms with Gasteiger partial charge in [-0.05, 0) is 54.6 Å². The third kappa shape index (κ3) is 4.06. The van der Waals surface area contributed by atoms with E-state index in [0.717, 1.165) is 10.4 Å². The van der Waals surface area contributed by atoms with Gasteiger partial charge in [-0.2, -0.15) is 4.31 Å². The van der Waals surface area contributed by atoms with Crippen molar-refractivity contribution >= 4 is 27.3 Å². The highest BCUT2D eigenvalue weighted by Gasteiger charge is 2.44. The van der Waals surface area contributed by atoms with Crippen LogP contribution in [0.3, 0.4) is 0 Å². The summed E-state index contributed by atoms with van der Waals surface area (Å²) in [4.78, 5) is 12.9. The van der Waals surface area contributed by atoms with Crippen LogP contribution in [0.4, 0.5) is 4.39 Å². The molecule has 2 atom stereocenters. The Balaban J connectivity index is 1.96. The summed E-state index contributed by atoms with van der Waals surface area (Å²) in [6.07, 6.45) is 1.75. The van der Waals surface area contributed by atoms with Crippen molar-refractivity contribution in [2.75, 3.05) is 0 Å². The first-order valence-corrected chi connectivity index (χ1v) is 11.9. The van der Waals surface area contributed by atoms with Gasteiger partial charge in [-0.1, -0.05) is 42.0 Å². The lowest BCUT2D eigenvalue weighted by atomic mass is 9.91. The minimum absolute atomic E-state index is 0.0627. The van der Waals surface area contributed by atoms with Gasteiger partial charge in [0.2, 0.25) is 10.0 Å². The van der Waals surface area contributed by atoms with Crippen LogP contribution in [0.25, 0.3) is 0 Å². The van der Waals surface area contributed by atoms with Gasteiger partial charge in [-0.25, -0.2) is 17.6 Å². The fraction of sp³-hybridized carbons (Fsp3) is 0.174. The number of thiophene rings is 1. The summed E-state index contributed by atoms with van der Waals surface area (Å²) in [5, 5.41) is 11.7. The number of carbonyl (C=O) groups is 1. The van der Waals surface area contributed by atoms with Gasteiger partial charge in [0.1, 0.15) is 5.82 Å². The molecule has 1 N–H and O–H groups in total. The first kappa shape index (κ1) is 21.4. The van der Waals surface area contributed by atoms with Crippen LogP contribution in [0.2, 0.25) is 0 Å². The van der Waals surface area contributed by atoms with Crippen molar-refractivity contribution in [2.45, 2.75) is 30.3 Å². The van der Waals surface area contributed by atoms with Crippen molar-refractivity contribution in [1.29, 1.82) is 0 Å². The van der Waals surface area contributed by atoms with Gasteiger partial charge in [0, 0.05) is 4.88 Å². The molecule has 0 amide bonds. The molecule has 0 unspecified atom stereocenters. The number of carboxylic acid groups (broad SMARTS) is 1. The van der Waals surface area contributed by atoms with Crippen molar-refractivity contribution in [3.8, 4) is 0 Å². The molecular weight excluding hydrogens is 437 g/mol. The molecule has 0 spiro atoms. The Kier molecular flexibility index (Phi) is 5.79. The summed E-state index contributed by atoms with van der Waals surface area (Å²) >= 11 is 1.40. The molecule has 1 aromatic heterocycles. The molecule has 8 heteroatoms. The summed E-state index contributed by atoms with van der Waals surface area (Å²) in [5.74, 6) is -1.80. The van der Waals surface area contributed by atoms with E-state index in [9.17, 15) is 22.7 Å². The number of aryl methyl sites for hydroxylation is 1. The zero-order chi connectivity index (χ0) is 22.2. The first-order chi connectivity index (χ1) is 14.8. The molecule has 0 bridgehead atoms. The van der Waals surface area contributed by atoms with Gasteiger partial charge < -0.3 is 5.11 Å². The van der Waals surface area contributed by atoms with E-state index in [2.05, 4.69) is 0 Å². The molecule has 3 aromatic rings. The number of sulfonamides is 1. The molecule has 0 saturated carbocycles. The Hall–Kier alpha value is -2.81. The van der Waals surface area contributed by atoms with Crippen LogP contribution in [0.1, 0.15) is 34.5 Å². The lowest BCUT2D eigenvalue weighted by molar-refractivity contribution is -0.133. The monoisotopic (exact) mass is 457 g/mol. The number of hydrogen-bond donors (Lipinski definition) is 1. The van der Waals surface area contributed by atoms with Gasteiger partial charge in [0.25, 0.3) is 0 Å². The first-order valence-electron chi connectivity index (χ1n) is 9.61. The highest BCUT2D eigenvalue weighted by Crippen LogP contribution is 2.46. The molecule has 4 rings (SSSR count). The largest absolute Gasteiger partial charge is 0.478 e. The molecule has 31 heavy (non-hydrogen) atoms. The predicted molar refractivity (Wildman–Crippen MR) is 117 cm³/mol. The molecule has 5 nitrogen and oxygen atoms in total. The van der Waals surface area contributed by atoms with Crippen molar-refractivity contribution in [2.24, 2.45) is 0 Å². The Labute approximate surface area is 184 Å². The molecule has 0 fully saturated rings. The molecule has 0 saturated heterocycles. The van der Waals surface area contributed by atoms with Gasteiger partial charge in [0.05, 0.1) is 22.6 Å². The van der Waals surface area contributed by atoms with Gasteiger partial charge in [-0.3, -0.25) is 0 Å². The second kappa shape index (κ2) is 8.37. The van der Waals surface area contributed by atoms with Crippen molar-refractivity contribution in [3.63, 3.8) is 0 Å². The number of benzene rings is 2. The highest BCUT2D eigenvalue weighted by atomic mass is 32.2. The minimum atomic E-state index is -4.12. The van der Waals surface area contributed by atoms with Crippen LogP contribution < -0.4 is 0 Å². The average Bonchev–Trinajstić information content (AvgIpc) is 3.27. The number of aliphatic carboxylic acids is 1. The van der Waals surface area contributed by atoms with Crippen LogP contribution in [-0.2, 0) is 14.8 Å². The molecule has 0 aliphatic carbocycles. The number of carboxylic acids is 1. The molecule has 2 heterocycles. The maximum absolute atomic E-state index is 14.1. The second-order valence-electron chi connectivity index (χ2n) is 7.34. The summed E-state index contributed by atoms with van der Waals surface area (Å²) in [7, 11) is -4.12. The van der Waals surface area contributed by atoms with E-state index >= 15 is 0 Å². The normalized spacial score (nSPS) is 19.7. The highest BCUT2D eigenvalue weighted by molar-refractivity contribution is 7.89. The number of halogens is 1. The van der Waals surface area contributed by atoms with Crippen LogP contribution >= 0.6 is 11.3 Å². The summed E-state index contributed by atoms with van der Waals surface area (Å²) < 4.78 is 43.0. The van der Waals surface area contributed by atoms with Crippen LogP contribution in [0.15, 0.2) is 82.6 Å². The number of rotatable bonds is 5. The molecular formula is C23H20FNO4S2. The molecule has 1 aliphatic heterocycles. The standard InChI is InChI=1S/C23H20FNO4S2/c1-15-7-9-18(10-8-15)31(28,29)25-20(21-6-3-13-30-21)12-11-19(23(26)27)22(25)16-4-2-5-17(24)14-16/h2-11,13-14,20,22H,12H2,1H3,(H,26,27)/t20-,22-/m0/s1. The summed E-state index contributed by atoms with van der Waals surface area (Å²) in [6.45, 7) is 1.85. The Morgan fingerprint density at radius 2 is 1.87 bits per heavy atom. The van der Waals surface area contributed by atoms with Crippen LogP contribution in [0.5, 0.6) is 0 Å². The molecule has 2 aromatic carbocycles.